The molecule has 1 fully saturated rings. The molecule has 1 aliphatic rings. The van der Waals surface area contributed by atoms with E-state index in [2.05, 4.69) is 0 Å². The van der Waals surface area contributed by atoms with Crippen molar-refractivity contribution in [3.8, 4) is 11.3 Å². The number of hydrogen-bond donors (Lipinski definition) is 1. The summed E-state index contributed by atoms with van der Waals surface area (Å²) in [6, 6.07) is 8.78. The van der Waals surface area contributed by atoms with E-state index >= 15 is 0 Å². The van der Waals surface area contributed by atoms with Crippen molar-refractivity contribution in [2.24, 2.45) is 5.92 Å². The number of nitrogens with zero attached hydrogens (tertiary/aromatic N) is 1. The third-order valence-electron chi connectivity index (χ3n) is 4.29. The molecule has 1 N–H and O–H groups in total. The molecular weight excluding hydrogens is 301 g/mol. The predicted molar refractivity (Wildman–Crippen MR) is 80.3 cm³/mol. The molecule has 23 heavy (non-hydrogen) atoms. The second-order valence-corrected chi connectivity index (χ2v) is 5.62. The van der Waals surface area contributed by atoms with Crippen LogP contribution in [0.5, 0.6) is 0 Å². The van der Waals surface area contributed by atoms with Crippen LogP contribution in [0, 0.1) is 11.7 Å². The first-order chi connectivity index (χ1) is 11.0. The van der Waals surface area contributed by atoms with Gasteiger partial charge in [-0.15, -0.1) is 0 Å². The highest BCUT2D eigenvalue weighted by atomic mass is 19.1. The van der Waals surface area contributed by atoms with Crippen molar-refractivity contribution in [1.82, 2.24) is 4.90 Å². The topological polar surface area (TPSA) is 70.8 Å². The van der Waals surface area contributed by atoms with Crippen molar-refractivity contribution in [2.75, 3.05) is 6.54 Å². The van der Waals surface area contributed by atoms with E-state index in [0.29, 0.717) is 13.0 Å². The Kier molecular flexibility index (Phi) is 3.90. The summed E-state index contributed by atoms with van der Waals surface area (Å²) >= 11 is 0. The van der Waals surface area contributed by atoms with Gasteiger partial charge in [0, 0.05) is 12.6 Å². The van der Waals surface area contributed by atoms with Gasteiger partial charge in [0.25, 0.3) is 5.91 Å². The molecule has 1 saturated heterocycles. The molecule has 0 radical (unpaired) electrons. The monoisotopic (exact) mass is 317 g/mol. The molecule has 5 nitrogen and oxygen atoms in total. The van der Waals surface area contributed by atoms with Crippen LogP contribution in [0.25, 0.3) is 11.3 Å². The number of amides is 1. The molecule has 0 bridgehead atoms. The largest absolute Gasteiger partial charge is 0.481 e. The van der Waals surface area contributed by atoms with Gasteiger partial charge in [-0.05, 0) is 37.6 Å². The molecule has 2 heterocycles. The maximum Gasteiger partial charge on any atom is 0.308 e. The van der Waals surface area contributed by atoms with Gasteiger partial charge in [-0.2, -0.15) is 0 Å². The van der Waals surface area contributed by atoms with Crippen LogP contribution in [0.2, 0.25) is 0 Å². The number of benzene rings is 1. The standard InChI is InChI=1S/C17H16FNO4/c1-10-11(17(21)22)8-9-19(10)16(20)15-7-6-14(23-15)12-4-2-3-5-13(12)18/h2-7,10-11H,8-9H2,1H3,(H,21,22). The Morgan fingerprint density at radius 3 is 2.65 bits per heavy atom. The number of halogens is 1. The number of rotatable bonds is 3. The zero-order valence-corrected chi connectivity index (χ0v) is 12.5. The SMILES string of the molecule is CC1C(C(=O)O)CCN1C(=O)c1ccc(-c2ccccc2F)o1. The van der Waals surface area contributed by atoms with Crippen molar-refractivity contribution in [2.45, 2.75) is 19.4 Å². The normalized spacial score (nSPS) is 20.7. The second-order valence-electron chi connectivity index (χ2n) is 5.62. The van der Waals surface area contributed by atoms with Gasteiger partial charge in [0.2, 0.25) is 0 Å². The van der Waals surface area contributed by atoms with Crippen LogP contribution in [0.1, 0.15) is 23.9 Å². The number of carbonyl (C=O) groups excluding carboxylic acids is 1. The lowest BCUT2D eigenvalue weighted by Crippen LogP contribution is -2.37. The summed E-state index contributed by atoms with van der Waals surface area (Å²) < 4.78 is 19.3. The van der Waals surface area contributed by atoms with Crippen molar-refractivity contribution < 1.29 is 23.5 Å². The molecule has 2 unspecified atom stereocenters. The summed E-state index contributed by atoms with van der Waals surface area (Å²) in [5.41, 5.74) is 0.282. The Bertz CT molecular complexity index is 755. The summed E-state index contributed by atoms with van der Waals surface area (Å²) in [6.45, 7) is 2.08. The molecular formula is C17H16FNO4. The van der Waals surface area contributed by atoms with Gasteiger partial charge < -0.3 is 14.4 Å². The fraction of sp³-hybridized carbons (Fsp3) is 0.294. The zero-order valence-electron chi connectivity index (χ0n) is 12.5. The van der Waals surface area contributed by atoms with Crippen LogP contribution in [-0.2, 0) is 4.79 Å². The molecule has 1 aliphatic heterocycles. The van der Waals surface area contributed by atoms with Gasteiger partial charge in [-0.3, -0.25) is 9.59 Å². The molecule has 120 valence electrons. The van der Waals surface area contributed by atoms with E-state index in [4.69, 9.17) is 9.52 Å². The minimum absolute atomic E-state index is 0.0844. The number of furan rings is 1. The fourth-order valence-corrected chi connectivity index (χ4v) is 2.96. The maximum atomic E-state index is 13.8. The van der Waals surface area contributed by atoms with E-state index in [-0.39, 0.29) is 23.0 Å². The molecule has 3 rings (SSSR count). The molecule has 0 spiro atoms. The average molecular weight is 317 g/mol. The smallest absolute Gasteiger partial charge is 0.308 e. The fourth-order valence-electron chi connectivity index (χ4n) is 2.96. The first-order valence-electron chi connectivity index (χ1n) is 7.37. The molecule has 2 atom stereocenters. The predicted octanol–water partition coefficient (Wildman–Crippen LogP) is 3.02. The molecule has 1 amide bonds. The van der Waals surface area contributed by atoms with Crippen molar-refractivity contribution in [3.63, 3.8) is 0 Å². The number of carboxylic acid groups (broad SMARTS) is 1. The van der Waals surface area contributed by atoms with Gasteiger partial charge >= 0.3 is 5.97 Å². The highest BCUT2D eigenvalue weighted by molar-refractivity contribution is 5.93. The van der Waals surface area contributed by atoms with Crippen LogP contribution < -0.4 is 0 Å². The summed E-state index contributed by atoms with van der Waals surface area (Å²) in [6.07, 6.45) is 0.420. The lowest BCUT2D eigenvalue weighted by molar-refractivity contribution is -0.142. The Balaban J connectivity index is 1.82. The zero-order chi connectivity index (χ0) is 16.6. The first-order valence-corrected chi connectivity index (χ1v) is 7.37. The van der Waals surface area contributed by atoms with E-state index in [1.54, 1.807) is 31.2 Å². The number of carbonyl (C=O) groups is 2. The van der Waals surface area contributed by atoms with Crippen molar-refractivity contribution >= 4 is 11.9 Å². The Morgan fingerprint density at radius 1 is 1.26 bits per heavy atom. The Morgan fingerprint density at radius 2 is 2.00 bits per heavy atom. The highest BCUT2D eigenvalue weighted by Crippen LogP contribution is 2.29. The van der Waals surface area contributed by atoms with E-state index in [0.717, 1.165) is 0 Å². The number of hydrogen-bond acceptors (Lipinski definition) is 3. The van der Waals surface area contributed by atoms with E-state index < -0.39 is 23.7 Å². The van der Waals surface area contributed by atoms with Crippen LogP contribution in [0.4, 0.5) is 4.39 Å². The quantitative estimate of drug-likeness (QED) is 0.944. The van der Waals surface area contributed by atoms with Gasteiger partial charge in [-0.1, -0.05) is 12.1 Å². The minimum atomic E-state index is -0.903. The van der Waals surface area contributed by atoms with Crippen molar-refractivity contribution in [3.05, 3.63) is 48.0 Å². The number of carboxylic acids is 1. The van der Waals surface area contributed by atoms with E-state index in [1.165, 1.54) is 17.0 Å². The Hall–Kier alpha value is -2.63. The molecule has 2 aromatic rings. The number of likely N-dealkylation sites (tertiary alicyclic amines) is 1. The maximum absolute atomic E-state index is 13.8. The molecule has 0 saturated carbocycles. The molecule has 1 aromatic carbocycles. The van der Waals surface area contributed by atoms with E-state index in [9.17, 15) is 14.0 Å². The van der Waals surface area contributed by atoms with Gasteiger partial charge in [-0.25, -0.2) is 4.39 Å². The third-order valence-corrected chi connectivity index (χ3v) is 4.29. The highest BCUT2D eigenvalue weighted by Gasteiger charge is 2.39. The molecule has 0 aliphatic carbocycles. The second kappa shape index (κ2) is 5.87. The van der Waals surface area contributed by atoms with Gasteiger partial charge in [0.1, 0.15) is 11.6 Å². The van der Waals surface area contributed by atoms with Crippen LogP contribution in [0.15, 0.2) is 40.8 Å². The van der Waals surface area contributed by atoms with Gasteiger partial charge in [0.15, 0.2) is 5.76 Å². The average Bonchev–Trinajstić information content (AvgIpc) is 3.14. The van der Waals surface area contributed by atoms with E-state index in [1.807, 2.05) is 0 Å². The lowest BCUT2D eigenvalue weighted by Gasteiger charge is -2.22. The summed E-state index contributed by atoms with van der Waals surface area (Å²) in [4.78, 5) is 25.1. The summed E-state index contributed by atoms with van der Waals surface area (Å²) in [5.74, 6) is -1.92. The van der Waals surface area contributed by atoms with Gasteiger partial charge in [0.05, 0.1) is 11.5 Å². The first kappa shape index (κ1) is 15.3. The third kappa shape index (κ3) is 2.72. The van der Waals surface area contributed by atoms with Crippen molar-refractivity contribution in [1.29, 1.82) is 0 Å². The van der Waals surface area contributed by atoms with Crippen LogP contribution in [-0.4, -0.2) is 34.5 Å². The minimum Gasteiger partial charge on any atom is -0.481 e. The number of aliphatic carboxylic acids is 1. The van der Waals surface area contributed by atoms with Crippen LogP contribution in [0.3, 0.4) is 0 Å². The lowest BCUT2D eigenvalue weighted by atomic mass is 10.0. The molecule has 1 aromatic heterocycles. The Labute approximate surface area is 132 Å². The summed E-state index contributed by atoms with van der Waals surface area (Å²) in [5, 5.41) is 9.13. The molecule has 6 heteroatoms. The summed E-state index contributed by atoms with van der Waals surface area (Å²) in [7, 11) is 0. The van der Waals surface area contributed by atoms with Crippen LogP contribution >= 0.6 is 0 Å².